The van der Waals surface area contributed by atoms with E-state index in [1.165, 1.54) is 4.90 Å². The molecule has 0 fully saturated rings. The molecule has 0 saturated carbocycles. The smallest absolute Gasteiger partial charge is 0.299 e. The Morgan fingerprint density at radius 1 is 1.30 bits per heavy atom. The van der Waals surface area contributed by atoms with Gasteiger partial charge in [-0.25, -0.2) is 0 Å². The van der Waals surface area contributed by atoms with Crippen molar-refractivity contribution < 1.29 is 14.1 Å². The van der Waals surface area contributed by atoms with Gasteiger partial charge in [0.15, 0.2) is 5.82 Å². The lowest BCUT2D eigenvalue weighted by Crippen LogP contribution is -2.29. The van der Waals surface area contributed by atoms with E-state index in [-0.39, 0.29) is 6.54 Å². The van der Waals surface area contributed by atoms with Crippen LogP contribution in [0.4, 0.5) is 5.69 Å². The number of amides is 1. The highest BCUT2D eigenvalue weighted by molar-refractivity contribution is 6.52. The first kappa shape index (κ1) is 12.5. The van der Waals surface area contributed by atoms with E-state index >= 15 is 0 Å². The molecule has 1 aliphatic heterocycles. The maximum absolute atomic E-state index is 12.1. The number of carbonyl (C=O) groups is 2. The Hall–Kier alpha value is -2.50. The van der Waals surface area contributed by atoms with Gasteiger partial charge in [0.1, 0.15) is 6.54 Å². The zero-order valence-corrected chi connectivity index (χ0v) is 11.2. The molecule has 0 N–H and O–H groups in total. The second-order valence-corrected chi connectivity index (χ2v) is 4.66. The first-order valence-corrected chi connectivity index (χ1v) is 6.38. The fourth-order valence-electron chi connectivity index (χ4n) is 2.26. The zero-order chi connectivity index (χ0) is 14.3. The molecule has 102 valence electrons. The Bertz CT molecular complexity index is 705. The first-order chi connectivity index (χ1) is 9.60. The van der Waals surface area contributed by atoms with Gasteiger partial charge in [0.25, 0.3) is 11.7 Å². The van der Waals surface area contributed by atoms with E-state index in [9.17, 15) is 9.59 Å². The first-order valence-electron chi connectivity index (χ1n) is 6.38. The van der Waals surface area contributed by atoms with Crippen LogP contribution in [0.2, 0.25) is 0 Å². The quantitative estimate of drug-likeness (QED) is 0.794. The fourth-order valence-corrected chi connectivity index (χ4v) is 2.26. The van der Waals surface area contributed by atoms with Gasteiger partial charge < -0.3 is 4.52 Å². The summed E-state index contributed by atoms with van der Waals surface area (Å²) in [6, 6.07) is 5.48. The Kier molecular flexibility index (Phi) is 2.85. The van der Waals surface area contributed by atoms with Crippen LogP contribution in [0.3, 0.4) is 0 Å². The SMILES string of the molecule is CCc1ccc2c(c1)C(=O)C(=O)N2Cc1nc(C)no1. The second kappa shape index (κ2) is 4.56. The molecule has 1 aromatic heterocycles. The summed E-state index contributed by atoms with van der Waals surface area (Å²) >= 11 is 0. The number of anilines is 1. The number of rotatable bonds is 3. The normalized spacial score (nSPS) is 14.0. The van der Waals surface area contributed by atoms with Crippen LogP contribution in [0.1, 0.15) is 34.6 Å². The van der Waals surface area contributed by atoms with Crippen LogP contribution in [0.25, 0.3) is 0 Å². The number of hydrogen-bond acceptors (Lipinski definition) is 5. The summed E-state index contributed by atoms with van der Waals surface area (Å²) in [5.74, 6) is -0.216. The number of nitrogens with zero attached hydrogens (tertiary/aromatic N) is 3. The van der Waals surface area contributed by atoms with Crippen LogP contribution < -0.4 is 4.90 Å². The lowest BCUT2D eigenvalue weighted by atomic mass is 10.1. The van der Waals surface area contributed by atoms with Gasteiger partial charge in [0.2, 0.25) is 5.89 Å². The third-order valence-electron chi connectivity index (χ3n) is 3.31. The minimum absolute atomic E-state index is 0.115. The Balaban J connectivity index is 1.98. The summed E-state index contributed by atoms with van der Waals surface area (Å²) in [6.45, 7) is 3.82. The van der Waals surface area contributed by atoms with Crippen LogP contribution in [-0.2, 0) is 17.8 Å². The van der Waals surface area contributed by atoms with Crippen molar-refractivity contribution in [2.24, 2.45) is 0 Å². The Morgan fingerprint density at radius 3 is 2.75 bits per heavy atom. The van der Waals surface area contributed by atoms with Gasteiger partial charge in [-0.05, 0) is 31.0 Å². The predicted molar refractivity (Wildman–Crippen MR) is 70.4 cm³/mol. The third kappa shape index (κ3) is 1.89. The highest BCUT2D eigenvalue weighted by Crippen LogP contribution is 2.31. The molecule has 0 aliphatic carbocycles. The molecule has 1 aromatic carbocycles. The van der Waals surface area contributed by atoms with Gasteiger partial charge in [-0.3, -0.25) is 14.5 Å². The van der Waals surface area contributed by atoms with Crippen LogP contribution in [0.15, 0.2) is 22.7 Å². The van der Waals surface area contributed by atoms with E-state index in [0.717, 1.165) is 12.0 Å². The van der Waals surface area contributed by atoms with E-state index in [2.05, 4.69) is 10.1 Å². The van der Waals surface area contributed by atoms with Gasteiger partial charge in [-0.2, -0.15) is 4.98 Å². The van der Waals surface area contributed by atoms with Gasteiger partial charge in [-0.15, -0.1) is 0 Å². The van der Waals surface area contributed by atoms with Crippen molar-refractivity contribution in [1.29, 1.82) is 0 Å². The van der Waals surface area contributed by atoms with Crippen molar-refractivity contribution in [2.45, 2.75) is 26.8 Å². The van der Waals surface area contributed by atoms with Crippen molar-refractivity contribution in [2.75, 3.05) is 4.90 Å². The summed E-state index contributed by atoms with van der Waals surface area (Å²) in [6.07, 6.45) is 0.817. The molecule has 0 unspecified atom stereocenters. The minimum atomic E-state index is -0.552. The van der Waals surface area contributed by atoms with E-state index in [1.54, 1.807) is 19.1 Å². The molecule has 6 heteroatoms. The second-order valence-electron chi connectivity index (χ2n) is 4.66. The predicted octanol–water partition coefficient (Wildman–Crippen LogP) is 1.67. The maximum atomic E-state index is 12.1. The molecule has 3 rings (SSSR count). The molecule has 0 radical (unpaired) electrons. The van der Waals surface area contributed by atoms with Gasteiger partial charge in [0, 0.05) is 0 Å². The standard InChI is InChI=1S/C14H13N3O3/c1-3-9-4-5-11-10(6-9)13(18)14(19)17(11)7-12-15-8(2)16-20-12/h4-6H,3,7H2,1-2H3. The number of hydrogen-bond donors (Lipinski definition) is 0. The average molecular weight is 271 g/mol. The topological polar surface area (TPSA) is 76.3 Å². The summed E-state index contributed by atoms with van der Waals surface area (Å²) in [4.78, 5) is 29.5. The Labute approximate surface area is 115 Å². The lowest BCUT2D eigenvalue weighted by molar-refractivity contribution is -0.114. The van der Waals surface area contributed by atoms with Gasteiger partial charge in [-0.1, -0.05) is 18.1 Å². The van der Waals surface area contributed by atoms with E-state index in [4.69, 9.17) is 4.52 Å². The number of ketones is 1. The number of Topliss-reactive ketones (excluding diaryl/α,β-unsaturated/α-hetero) is 1. The number of aromatic nitrogens is 2. The largest absolute Gasteiger partial charge is 0.337 e. The monoisotopic (exact) mass is 271 g/mol. The van der Waals surface area contributed by atoms with Crippen molar-refractivity contribution in [3.8, 4) is 0 Å². The summed E-state index contributed by atoms with van der Waals surface area (Å²) < 4.78 is 5.00. The molecule has 0 spiro atoms. The summed E-state index contributed by atoms with van der Waals surface area (Å²) in [5, 5.41) is 3.68. The average Bonchev–Trinajstić information content (AvgIpc) is 2.96. The molecule has 20 heavy (non-hydrogen) atoms. The molecule has 0 saturated heterocycles. The number of benzene rings is 1. The lowest BCUT2D eigenvalue weighted by Gasteiger charge is -2.13. The molecular formula is C14H13N3O3. The highest BCUT2D eigenvalue weighted by Gasteiger charge is 2.36. The summed E-state index contributed by atoms with van der Waals surface area (Å²) in [5.41, 5.74) is 2.08. The molecule has 0 bridgehead atoms. The summed E-state index contributed by atoms with van der Waals surface area (Å²) in [7, 11) is 0. The number of fused-ring (bicyclic) bond motifs is 1. The fraction of sp³-hybridized carbons (Fsp3) is 0.286. The molecule has 6 nitrogen and oxygen atoms in total. The van der Waals surface area contributed by atoms with Crippen molar-refractivity contribution in [3.63, 3.8) is 0 Å². The molecule has 1 amide bonds. The zero-order valence-electron chi connectivity index (χ0n) is 11.2. The van der Waals surface area contributed by atoms with Crippen LogP contribution in [-0.4, -0.2) is 21.8 Å². The molecule has 2 heterocycles. The molecule has 2 aromatic rings. The van der Waals surface area contributed by atoms with Crippen LogP contribution in [0, 0.1) is 6.92 Å². The minimum Gasteiger partial charge on any atom is -0.337 e. The van der Waals surface area contributed by atoms with Crippen LogP contribution >= 0.6 is 0 Å². The van der Waals surface area contributed by atoms with Gasteiger partial charge >= 0.3 is 0 Å². The van der Waals surface area contributed by atoms with Crippen LogP contribution in [0.5, 0.6) is 0 Å². The highest BCUT2D eigenvalue weighted by atomic mass is 16.5. The van der Waals surface area contributed by atoms with Gasteiger partial charge in [0.05, 0.1) is 11.3 Å². The van der Waals surface area contributed by atoms with E-state index in [1.807, 2.05) is 13.0 Å². The Morgan fingerprint density at radius 2 is 2.10 bits per heavy atom. The molecule has 0 atom stereocenters. The van der Waals surface area contributed by atoms with Crippen molar-refractivity contribution in [3.05, 3.63) is 41.0 Å². The van der Waals surface area contributed by atoms with Crippen molar-refractivity contribution in [1.82, 2.24) is 10.1 Å². The van der Waals surface area contributed by atoms with E-state index < -0.39 is 11.7 Å². The maximum Gasteiger partial charge on any atom is 0.299 e. The van der Waals surface area contributed by atoms with E-state index in [0.29, 0.717) is 23.0 Å². The third-order valence-corrected chi connectivity index (χ3v) is 3.31. The number of carbonyl (C=O) groups excluding carboxylic acids is 2. The molecule has 1 aliphatic rings. The molecular weight excluding hydrogens is 258 g/mol. The van der Waals surface area contributed by atoms with Crippen molar-refractivity contribution >= 4 is 17.4 Å². The number of aryl methyl sites for hydroxylation is 2.